The van der Waals surface area contributed by atoms with E-state index in [0.717, 1.165) is 0 Å². The molecule has 0 aromatic heterocycles. The van der Waals surface area contributed by atoms with E-state index in [0.29, 0.717) is 29.5 Å². The first-order valence-corrected chi connectivity index (χ1v) is 9.98. The molecule has 2 aromatic rings. The smallest absolute Gasteiger partial charge is 0.279 e. The first-order valence-electron chi connectivity index (χ1n) is 9.98. The van der Waals surface area contributed by atoms with E-state index in [1.54, 1.807) is 49.4 Å². The van der Waals surface area contributed by atoms with E-state index in [2.05, 4.69) is 10.9 Å². The molecular weight excluding hydrogens is 402 g/mol. The summed E-state index contributed by atoms with van der Waals surface area (Å²) >= 11 is 0. The van der Waals surface area contributed by atoms with Gasteiger partial charge in [-0.3, -0.25) is 25.2 Å². The topological polar surface area (TPSA) is 106 Å². The van der Waals surface area contributed by atoms with Crippen LogP contribution < -0.4 is 30.0 Å². The van der Waals surface area contributed by atoms with E-state index < -0.39 is 17.9 Å². The summed E-state index contributed by atoms with van der Waals surface area (Å²) < 4.78 is 16.3. The molecule has 1 aliphatic heterocycles. The van der Waals surface area contributed by atoms with Gasteiger partial charge < -0.3 is 19.1 Å². The molecule has 0 saturated carbocycles. The van der Waals surface area contributed by atoms with Crippen molar-refractivity contribution in [1.29, 1.82) is 0 Å². The number of rotatable bonds is 8. The van der Waals surface area contributed by atoms with Crippen molar-refractivity contribution < 1.29 is 28.6 Å². The van der Waals surface area contributed by atoms with Crippen LogP contribution in [0.25, 0.3) is 0 Å². The summed E-state index contributed by atoms with van der Waals surface area (Å²) in [6, 6.07) is 14.0. The quantitative estimate of drug-likeness (QED) is 0.623. The normalized spacial score (nSPS) is 13.5. The number of ether oxygens (including phenoxy) is 3. The number of carbonyl (C=O) groups excluding carboxylic acids is 3. The molecule has 0 aliphatic carbocycles. The van der Waals surface area contributed by atoms with Gasteiger partial charge in [0.05, 0.1) is 12.3 Å². The zero-order valence-corrected chi connectivity index (χ0v) is 17.4. The Bertz CT molecular complexity index is 931. The van der Waals surface area contributed by atoms with Gasteiger partial charge in [-0.25, -0.2) is 0 Å². The highest BCUT2D eigenvalue weighted by Gasteiger charge is 2.25. The van der Waals surface area contributed by atoms with Crippen LogP contribution in [0.15, 0.2) is 48.5 Å². The number of hydrogen-bond acceptors (Lipinski definition) is 6. The number of hydrogen-bond donors (Lipinski definition) is 2. The SMILES string of the molecule is CCOc1ccc(OC(C)C(=O)NNC(=O)CCN2C(=O)COc3ccccc32)cc1. The second kappa shape index (κ2) is 10.3. The second-order valence-electron chi connectivity index (χ2n) is 6.75. The number of nitrogens with one attached hydrogen (secondary N) is 2. The third-order valence-corrected chi connectivity index (χ3v) is 4.51. The van der Waals surface area contributed by atoms with Crippen LogP contribution in [-0.2, 0) is 14.4 Å². The molecule has 1 heterocycles. The molecule has 0 fully saturated rings. The molecular formula is C22H25N3O6. The summed E-state index contributed by atoms with van der Waals surface area (Å²) in [5, 5.41) is 0. The average molecular weight is 427 g/mol. The third kappa shape index (κ3) is 5.88. The summed E-state index contributed by atoms with van der Waals surface area (Å²) in [6.07, 6.45) is -0.819. The van der Waals surface area contributed by atoms with Crippen LogP contribution in [0.2, 0.25) is 0 Å². The van der Waals surface area contributed by atoms with Crippen molar-refractivity contribution in [2.75, 3.05) is 24.7 Å². The number of para-hydroxylation sites is 2. The van der Waals surface area contributed by atoms with E-state index in [-0.39, 0.29) is 25.5 Å². The van der Waals surface area contributed by atoms with E-state index in [1.165, 1.54) is 4.90 Å². The van der Waals surface area contributed by atoms with Crippen molar-refractivity contribution in [1.82, 2.24) is 10.9 Å². The van der Waals surface area contributed by atoms with E-state index >= 15 is 0 Å². The molecule has 0 bridgehead atoms. The zero-order chi connectivity index (χ0) is 22.2. The van der Waals surface area contributed by atoms with Gasteiger partial charge in [-0.15, -0.1) is 0 Å². The van der Waals surface area contributed by atoms with Crippen molar-refractivity contribution in [2.24, 2.45) is 0 Å². The van der Waals surface area contributed by atoms with Gasteiger partial charge in [0.15, 0.2) is 12.7 Å². The molecule has 9 nitrogen and oxygen atoms in total. The highest BCUT2D eigenvalue weighted by atomic mass is 16.5. The van der Waals surface area contributed by atoms with Crippen LogP contribution >= 0.6 is 0 Å². The van der Waals surface area contributed by atoms with Crippen LogP contribution in [-0.4, -0.2) is 43.6 Å². The minimum atomic E-state index is -0.828. The van der Waals surface area contributed by atoms with Gasteiger partial charge in [-0.2, -0.15) is 0 Å². The molecule has 2 N–H and O–H groups in total. The first-order chi connectivity index (χ1) is 15.0. The standard InChI is InChI=1S/C22H25N3O6/c1-3-29-16-8-10-17(11-9-16)31-15(2)22(28)24-23-20(26)12-13-25-18-6-4-5-7-19(18)30-14-21(25)27/h4-11,15H,3,12-14H2,1-2H3,(H,23,26)(H,24,28). The summed E-state index contributed by atoms with van der Waals surface area (Å²) in [6.45, 7) is 4.12. The summed E-state index contributed by atoms with van der Waals surface area (Å²) in [5.41, 5.74) is 5.30. The summed E-state index contributed by atoms with van der Waals surface area (Å²) in [4.78, 5) is 38.0. The number of benzene rings is 2. The lowest BCUT2D eigenvalue weighted by molar-refractivity contribution is -0.132. The van der Waals surface area contributed by atoms with Gasteiger partial charge in [-0.1, -0.05) is 12.1 Å². The van der Waals surface area contributed by atoms with Crippen LogP contribution in [0.4, 0.5) is 5.69 Å². The van der Waals surface area contributed by atoms with Gasteiger partial charge in [0, 0.05) is 13.0 Å². The Labute approximate surface area is 180 Å². The van der Waals surface area contributed by atoms with Crippen molar-refractivity contribution in [3.05, 3.63) is 48.5 Å². The lowest BCUT2D eigenvalue weighted by atomic mass is 10.2. The van der Waals surface area contributed by atoms with E-state index in [9.17, 15) is 14.4 Å². The number of anilines is 1. The van der Waals surface area contributed by atoms with Crippen molar-refractivity contribution >= 4 is 23.4 Å². The Morgan fingerprint density at radius 1 is 1.10 bits per heavy atom. The Morgan fingerprint density at radius 3 is 2.55 bits per heavy atom. The molecule has 1 atom stereocenters. The maximum atomic E-state index is 12.2. The fourth-order valence-corrected chi connectivity index (χ4v) is 2.95. The van der Waals surface area contributed by atoms with E-state index in [4.69, 9.17) is 14.2 Å². The molecule has 1 unspecified atom stereocenters. The molecule has 2 aromatic carbocycles. The van der Waals surface area contributed by atoms with Gasteiger partial charge in [0.2, 0.25) is 5.91 Å². The molecule has 1 aliphatic rings. The summed E-state index contributed by atoms with van der Waals surface area (Å²) in [7, 11) is 0. The number of nitrogens with zero attached hydrogens (tertiary/aromatic N) is 1. The zero-order valence-electron chi connectivity index (χ0n) is 17.4. The Kier molecular flexibility index (Phi) is 7.31. The largest absolute Gasteiger partial charge is 0.494 e. The lowest BCUT2D eigenvalue weighted by Crippen LogP contribution is -2.48. The fraction of sp³-hybridized carbons (Fsp3) is 0.318. The van der Waals surface area contributed by atoms with Crippen LogP contribution in [0.1, 0.15) is 20.3 Å². The third-order valence-electron chi connectivity index (χ3n) is 4.51. The van der Waals surface area contributed by atoms with Crippen molar-refractivity contribution in [2.45, 2.75) is 26.4 Å². The van der Waals surface area contributed by atoms with Crippen molar-refractivity contribution in [3.8, 4) is 17.2 Å². The fourth-order valence-electron chi connectivity index (χ4n) is 2.95. The number of fused-ring (bicyclic) bond motifs is 1. The molecule has 9 heteroatoms. The van der Waals surface area contributed by atoms with Gasteiger partial charge >= 0.3 is 0 Å². The van der Waals surface area contributed by atoms with Crippen LogP contribution in [0, 0.1) is 0 Å². The first kappa shape index (κ1) is 21.9. The summed E-state index contributed by atoms with van der Waals surface area (Å²) in [5.74, 6) is 0.639. The molecule has 0 saturated heterocycles. The number of amides is 3. The van der Waals surface area contributed by atoms with Gasteiger partial charge in [0.25, 0.3) is 11.8 Å². The van der Waals surface area contributed by atoms with E-state index in [1.807, 2.05) is 13.0 Å². The number of hydrazine groups is 1. The molecule has 3 amide bonds. The highest BCUT2D eigenvalue weighted by Crippen LogP contribution is 2.31. The highest BCUT2D eigenvalue weighted by molar-refractivity contribution is 5.98. The Balaban J connectivity index is 1.44. The predicted molar refractivity (Wildman–Crippen MR) is 113 cm³/mol. The maximum absolute atomic E-state index is 12.2. The monoisotopic (exact) mass is 427 g/mol. The second-order valence-corrected chi connectivity index (χ2v) is 6.75. The minimum Gasteiger partial charge on any atom is -0.494 e. The van der Waals surface area contributed by atoms with Gasteiger partial charge in [-0.05, 0) is 50.2 Å². The van der Waals surface area contributed by atoms with Crippen LogP contribution in [0.5, 0.6) is 17.2 Å². The number of carbonyl (C=O) groups is 3. The minimum absolute atomic E-state index is 0.00842. The van der Waals surface area contributed by atoms with Crippen LogP contribution in [0.3, 0.4) is 0 Å². The van der Waals surface area contributed by atoms with Gasteiger partial charge in [0.1, 0.15) is 17.2 Å². The predicted octanol–water partition coefficient (Wildman–Crippen LogP) is 1.82. The molecule has 164 valence electrons. The molecule has 0 radical (unpaired) electrons. The molecule has 3 rings (SSSR count). The molecule has 31 heavy (non-hydrogen) atoms. The lowest BCUT2D eigenvalue weighted by Gasteiger charge is -2.29. The molecule has 0 spiro atoms. The Hall–Kier alpha value is -3.75. The van der Waals surface area contributed by atoms with Crippen molar-refractivity contribution in [3.63, 3.8) is 0 Å². The average Bonchev–Trinajstić information content (AvgIpc) is 2.78. The maximum Gasteiger partial charge on any atom is 0.279 e. The Morgan fingerprint density at radius 2 is 1.81 bits per heavy atom.